The minimum Gasteiger partial charge on any atom is -0.486 e. The summed E-state index contributed by atoms with van der Waals surface area (Å²) in [5, 5.41) is 0. The fourth-order valence-corrected chi connectivity index (χ4v) is 2.92. The van der Waals surface area contributed by atoms with Gasteiger partial charge in [0.2, 0.25) is 0 Å². The van der Waals surface area contributed by atoms with Crippen LogP contribution in [0.5, 0.6) is 11.5 Å². The molecule has 1 N–H and O–H groups in total. The second-order valence-electron chi connectivity index (χ2n) is 4.70. The number of aromatic nitrogens is 2. The lowest BCUT2D eigenvalue weighted by Gasteiger charge is -2.17. The minimum absolute atomic E-state index is 0.333. The predicted molar refractivity (Wildman–Crippen MR) is 80.2 cm³/mol. The zero-order chi connectivity index (χ0) is 14.4. The zero-order valence-electron chi connectivity index (χ0n) is 10.8. The summed E-state index contributed by atoms with van der Waals surface area (Å²) in [6.45, 7) is 1.05. The van der Waals surface area contributed by atoms with Gasteiger partial charge in [-0.05, 0) is 28.1 Å². The van der Waals surface area contributed by atoms with Crippen molar-refractivity contribution >= 4 is 27.0 Å². The van der Waals surface area contributed by atoms with Crippen molar-refractivity contribution in [1.29, 1.82) is 0 Å². The van der Waals surface area contributed by atoms with Crippen molar-refractivity contribution in [2.45, 2.75) is 0 Å². The van der Waals surface area contributed by atoms with E-state index in [2.05, 4.69) is 25.9 Å². The highest BCUT2D eigenvalue weighted by Gasteiger charge is 2.17. The van der Waals surface area contributed by atoms with E-state index < -0.39 is 0 Å². The summed E-state index contributed by atoms with van der Waals surface area (Å²) in [5.41, 5.74) is 1.90. The number of H-pyrrole nitrogens is 1. The molecule has 1 aromatic heterocycles. The van der Waals surface area contributed by atoms with Gasteiger partial charge >= 0.3 is 0 Å². The molecule has 0 spiro atoms. The van der Waals surface area contributed by atoms with E-state index in [-0.39, 0.29) is 5.82 Å². The first-order chi connectivity index (χ1) is 10.2. The van der Waals surface area contributed by atoms with E-state index in [1.54, 1.807) is 18.2 Å². The zero-order valence-corrected chi connectivity index (χ0v) is 12.4. The summed E-state index contributed by atoms with van der Waals surface area (Å²) in [7, 11) is 0. The molecule has 4 rings (SSSR count). The van der Waals surface area contributed by atoms with E-state index in [9.17, 15) is 4.39 Å². The van der Waals surface area contributed by atoms with Crippen molar-refractivity contribution in [3.63, 3.8) is 0 Å². The fourth-order valence-electron chi connectivity index (χ4n) is 2.39. The van der Waals surface area contributed by atoms with Gasteiger partial charge in [-0.1, -0.05) is 6.07 Å². The van der Waals surface area contributed by atoms with E-state index in [0.717, 1.165) is 5.52 Å². The second kappa shape index (κ2) is 4.73. The number of nitrogens with zero attached hydrogens (tertiary/aromatic N) is 1. The third-order valence-corrected chi connectivity index (χ3v) is 4.01. The number of ether oxygens (including phenoxy) is 2. The summed E-state index contributed by atoms with van der Waals surface area (Å²) in [6, 6.07) is 8.47. The maximum absolute atomic E-state index is 14.0. The van der Waals surface area contributed by atoms with Gasteiger partial charge < -0.3 is 14.5 Å². The van der Waals surface area contributed by atoms with Crippen molar-refractivity contribution in [3.8, 4) is 22.9 Å². The quantitative estimate of drug-likeness (QED) is 0.725. The third-order valence-electron chi connectivity index (χ3n) is 3.35. The van der Waals surface area contributed by atoms with Gasteiger partial charge in [0.25, 0.3) is 0 Å². The fraction of sp³-hybridized carbons (Fsp3) is 0.133. The maximum Gasteiger partial charge on any atom is 0.163 e. The summed E-state index contributed by atoms with van der Waals surface area (Å²) in [6.07, 6.45) is 0. The van der Waals surface area contributed by atoms with Crippen molar-refractivity contribution in [2.24, 2.45) is 0 Å². The summed E-state index contributed by atoms with van der Waals surface area (Å²) < 4.78 is 25.7. The number of nitrogens with one attached hydrogen (secondary N) is 1. The molecule has 0 atom stereocenters. The Hall–Kier alpha value is -2.08. The molecular formula is C15H10BrFN2O2. The Morgan fingerprint density at radius 1 is 1.14 bits per heavy atom. The van der Waals surface area contributed by atoms with Crippen LogP contribution >= 0.6 is 15.9 Å². The summed E-state index contributed by atoms with van der Waals surface area (Å²) in [4.78, 5) is 7.58. The molecule has 4 nitrogen and oxygen atoms in total. The molecule has 2 aromatic carbocycles. The van der Waals surface area contributed by atoms with Crippen LogP contribution in [-0.2, 0) is 0 Å². The van der Waals surface area contributed by atoms with E-state index in [0.29, 0.717) is 46.1 Å². The molecule has 0 saturated heterocycles. The first kappa shape index (κ1) is 12.6. The summed E-state index contributed by atoms with van der Waals surface area (Å²) in [5.74, 6) is 1.48. The first-order valence-corrected chi connectivity index (χ1v) is 7.25. The van der Waals surface area contributed by atoms with Gasteiger partial charge in [0.15, 0.2) is 11.5 Å². The van der Waals surface area contributed by atoms with Crippen LogP contribution in [0.4, 0.5) is 4.39 Å². The van der Waals surface area contributed by atoms with E-state index in [1.807, 2.05) is 6.07 Å². The number of hydrogen-bond donors (Lipinski definition) is 1. The van der Waals surface area contributed by atoms with Crippen LogP contribution in [-0.4, -0.2) is 23.2 Å². The Kier molecular flexibility index (Phi) is 2.85. The van der Waals surface area contributed by atoms with E-state index >= 15 is 0 Å². The average molecular weight is 349 g/mol. The molecule has 0 amide bonds. The smallest absolute Gasteiger partial charge is 0.163 e. The molecule has 0 radical (unpaired) electrons. The molecule has 2 heterocycles. The highest BCUT2D eigenvalue weighted by molar-refractivity contribution is 9.10. The molecule has 6 heteroatoms. The SMILES string of the molecule is Fc1cccc(Br)c1-c1nc2cc3c(cc2[nH]1)OCCO3. The normalized spacial score (nSPS) is 13.6. The lowest BCUT2D eigenvalue weighted by atomic mass is 10.2. The van der Waals surface area contributed by atoms with Crippen LogP contribution in [0.2, 0.25) is 0 Å². The van der Waals surface area contributed by atoms with Crippen molar-refractivity contribution < 1.29 is 13.9 Å². The number of halogens is 2. The molecule has 1 aliphatic rings. The van der Waals surface area contributed by atoms with Gasteiger partial charge in [-0.2, -0.15) is 0 Å². The number of aromatic amines is 1. The Bertz CT molecular complexity index is 784. The Balaban J connectivity index is 1.91. The number of imidazole rings is 1. The Labute approximate surface area is 128 Å². The monoisotopic (exact) mass is 348 g/mol. The summed E-state index contributed by atoms with van der Waals surface area (Å²) >= 11 is 3.36. The first-order valence-electron chi connectivity index (χ1n) is 6.46. The van der Waals surface area contributed by atoms with Gasteiger partial charge in [0, 0.05) is 16.6 Å². The molecule has 3 aromatic rings. The number of fused-ring (bicyclic) bond motifs is 2. The topological polar surface area (TPSA) is 47.1 Å². The number of benzene rings is 2. The molecule has 1 aliphatic heterocycles. The van der Waals surface area contributed by atoms with Crippen LogP contribution in [0.25, 0.3) is 22.4 Å². The average Bonchev–Trinajstić information content (AvgIpc) is 2.86. The van der Waals surface area contributed by atoms with Crippen LogP contribution in [0.15, 0.2) is 34.8 Å². The largest absolute Gasteiger partial charge is 0.486 e. The van der Waals surface area contributed by atoms with Gasteiger partial charge in [-0.15, -0.1) is 0 Å². The lowest BCUT2D eigenvalue weighted by molar-refractivity contribution is 0.172. The minimum atomic E-state index is -0.333. The number of hydrogen-bond acceptors (Lipinski definition) is 3. The lowest BCUT2D eigenvalue weighted by Crippen LogP contribution is -2.15. The standard InChI is InChI=1S/C15H10BrFN2O2/c16-8-2-1-3-9(17)14(8)15-18-10-6-12-13(7-11(10)19-15)21-5-4-20-12/h1-3,6-7H,4-5H2,(H,18,19). The van der Waals surface area contributed by atoms with Crippen molar-refractivity contribution in [1.82, 2.24) is 9.97 Å². The van der Waals surface area contributed by atoms with Crippen LogP contribution in [0.3, 0.4) is 0 Å². The molecule has 106 valence electrons. The van der Waals surface area contributed by atoms with Crippen molar-refractivity contribution in [3.05, 3.63) is 40.6 Å². The third kappa shape index (κ3) is 2.06. The molecular weight excluding hydrogens is 339 g/mol. The maximum atomic E-state index is 14.0. The van der Waals surface area contributed by atoms with Gasteiger partial charge in [-0.25, -0.2) is 9.37 Å². The van der Waals surface area contributed by atoms with Gasteiger partial charge in [0.05, 0.1) is 16.6 Å². The van der Waals surface area contributed by atoms with Crippen LogP contribution in [0, 0.1) is 5.82 Å². The van der Waals surface area contributed by atoms with E-state index in [4.69, 9.17) is 9.47 Å². The van der Waals surface area contributed by atoms with Gasteiger partial charge in [0.1, 0.15) is 24.9 Å². The Morgan fingerprint density at radius 2 is 1.90 bits per heavy atom. The molecule has 0 aliphatic carbocycles. The second-order valence-corrected chi connectivity index (χ2v) is 5.55. The number of rotatable bonds is 1. The van der Waals surface area contributed by atoms with Crippen LogP contribution in [0.1, 0.15) is 0 Å². The highest BCUT2D eigenvalue weighted by atomic mass is 79.9. The van der Waals surface area contributed by atoms with Gasteiger partial charge in [-0.3, -0.25) is 0 Å². The predicted octanol–water partition coefficient (Wildman–Crippen LogP) is 3.90. The Morgan fingerprint density at radius 3 is 2.67 bits per heavy atom. The highest BCUT2D eigenvalue weighted by Crippen LogP contribution is 2.36. The van der Waals surface area contributed by atoms with E-state index in [1.165, 1.54) is 6.07 Å². The molecule has 0 unspecified atom stereocenters. The molecule has 21 heavy (non-hydrogen) atoms. The van der Waals surface area contributed by atoms with Crippen LogP contribution < -0.4 is 9.47 Å². The van der Waals surface area contributed by atoms with Crippen molar-refractivity contribution in [2.75, 3.05) is 13.2 Å². The molecule has 0 bridgehead atoms. The molecule has 0 fully saturated rings. The molecule has 0 saturated carbocycles.